The van der Waals surface area contributed by atoms with Gasteiger partial charge in [-0.2, -0.15) is 0 Å². The van der Waals surface area contributed by atoms with Crippen molar-refractivity contribution in [2.45, 2.75) is 6.42 Å². The van der Waals surface area contributed by atoms with Gasteiger partial charge < -0.3 is 10.6 Å². The topological polar surface area (TPSA) is 79.8 Å². The molecule has 2 heterocycles. The molecule has 0 spiro atoms. The van der Waals surface area contributed by atoms with Crippen LogP contribution in [0.3, 0.4) is 0 Å². The molecule has 0 saturated heterocycles. The van der Waals surface area contributed by atoms with E-state index in [-0.39, 0.29) is 12.5 Å². The van der Waals surface area contributed by atoms with E-state index in [4.69, 9.17) is 0 Å². The third-order valence-electron chi connectivity index (χ3n) is 2.40. The molecule has 0 aliphatic carbocycles. The Bertz CT molecular complexity index is 503. The van der Waals surface area contributed by atoms with Gasteiger partial charge in [0.25, 0.3) is 0 Å². The second-order valence-electron chi connectivity index (χ2n) is 3.89. The monoisotopic (exact) mass is 257 g/mol. The van der Waals surface area contributed by atoms with Crippen LogP contribution >= 0.6 is 0 Å². The van der Waals surface area contributed by atoms with E-state index in [9.17, 15) is 4.79 Å². The molecule has 0 unspecified atom stereocenters. The molecule has 6 nitrogen and oxygen atoms in total. The number of amides is 1. The van der Waals surface area contributed by atoms with Crippen molar-refractivity contribution in [3.63, 3.8) is 0 Å². The predicted molar refractivity (Wildman–Crippen MR) is 71.5 cm³/mol. The fourth-order valence-electron chi connectivity index (χ4n) is 1.52. The van der Waals surface area contributed by atoms with Gasteiger partial charge in [-0.3, -0.25) is 14.8 Å². The van der Waals surface area contributed by atoms with E-state index in [2.05, 4.69) is 25.6 Å². The zero-order valence-electron chi connectivity index (χ0n) is 10.4. The minimum absolute atomic E-state index is 0.137. The number of aromatic nitrogens is 3. The lowest BCUT2D eigenvalue weighted by Gasteiger charge is -2.05. The van der Waals surface area contributed by atoms with Crippen LogP contribution in [0.25, 0.3) is 0 Å². The van der Waals surface area contributed by atoms with Crippen LogP contribution in [0.1, 0.15) is 5.69 Å². The van der Waals surface area contributed by atoms with E-state index in [1.54, 1.807) is 12.4 Å². The molecule has 0 fully saturated rings. The minimum atomic E-state index is -0.137. The number of carbonyl (C=O) groups is 1. The number of rotatable bonds is 6. The highest BCUT2D eigenvalue weighted by Crippen LogP contribution is 1.96. The first-order chi connectivity index (χ1) is 9.34. The molecule has 19 heavy (non-hydrogen) atoms. The van der Waals surface area contributed by atoms with Crippen LogP contribution in [0.2, 0.25) is 0 Å². The number of hydrogen-bond donors (Lipinski definition) is 2. The Labute approximate surface area is 111 Å². The van der Waals surface area contributed by atoms with Crippen molar-refractivity contribution in [2.24, 2.45) is 0 Å². The average molecular weight is 257 g/mol. The van der Waals surface area contributed by atoms with Gasteiger partial charge in [0.1, 0.15) is 0 Å². The summed E-state index contributed by atoms with van der Waals surface area (Å²) in [6.45, 7) is 0.939. The molecule has 2 N–H and O–H groups in total. The molecular weight excluding hydrogens is 242 g/mol. The molecule has 2 aromatic rings. The summed E-state index contributed by atoms with van der Waals surface area (Å²) in [5.41, 5.74) is 1.00. The molecule has 0 aliphatic rings. The number of nitrogens with one attached hydrogen (secondary N) is 2. The highest BCUT2D eigenvalue weighted by molar-refractivity contribution is 5.91. The summed E-state index contributed by atoms with van der Waals surface area (Å²) in [6.07, 6.45) is 7.14. The molecule has 0 aliphatic heterocycles. The summed E-state index contributed by atoms with van der Waals surface area (Å²) < 4.78 is 0. The molecule has 0 bridgehead atoms. The Kier molecular flexibility index (Phi) is 4.95. The molecule has 2 rings (SSSR count). The average Bonchev–Trinajstić information content (AvgIpc) is 2.46. The smallest absolute Gasteiger partial charge is 0.239 e. The van der Waals surface area contributed by atoms with Crippen LogP contribution in [0.4, 0.5) is 5.82 Å². The largest absolute Gasteiger partial charge is 0.308 e. The van der Waals surface area contributed by atoms with Crippen LogP contribution in [-0.2, 0) is 11.2 Å². The number of hydrogen-bond acceptors (Lipinski definition) is 5. The van der Waals surface area contributed by atoms with Crippen LogP contribution in [-0.4, -0.2) is 33.9 Å². The van der Waals surface area contributed by atoms with Gasteiger partial charge in [-0.1, -0.05) is 6.07 Å². The lowest BCUT2D eigenvalue weighted by Crippen LogP contribution is -2.29. The Balaban J connectivity index is 1.65. The number of pyridine rings is 1. The lowest BCUT2D eigenvalue weighted by atomic mass is 10.3. The first kappa shape index (κ1) is 13.1. The van der Waals surface area contributed by atoms with Crippen LogP contribution in [0, 0.1) is 0 Å². The second kappa shape index (κ2) is 7.17. The molecule has 1 amide bonds. The third-order valence-corrected chi connectivity index (χ3v) is 2.40. The summed E-state index contributed by atoms with van der Waals surface area (Å²) in [4.78, 5) is 23.6. The SMILES string of the molecule is O=C(CNCCc1ccccn1)Nc1cnccn1. The van der Waals surface area contributed by atoms with E-state index in [1.807, 2.05) is 18.2 Å². The Morgan fingerprint density at radius 1 is 1.16 bits per heavy atom. The second-order valence-corrected chi connectivity index (χ2v) is 3.89. The van der Waals surface area contributed by atoms with Gasteiger partial charge in [0.15, 0.2) is 5.82 Å². The van der Waals surface area contributed by atoms with Crippen LogP contribution in [0.5, 0.6) is 0 Å². The van der Waals surface area contributed by atoms with Gasteiger partial charge in [-0.15, -0.1) is 0 Å². The van der Waals surface area contributed by atoms with Crippen molar-refractivity contribution >= 4 is 11.7 Å². The molecular formula is C13H15N5O. The molecule has 6 heteroatoms. The van der Waals surface area contributed by atoms with Crippen molar-refractivity contribution in [1.29, 1.82) is 0 Å². The Morgan fingerprint density at radius 2 is 2.11 bits per heavy atom. The number of anilines is 1. The molecule has 0 atom stereocenters. The van der Waals surface area contributed by atoms with E-state index >= 15 is 0 Å². The molecule has 2 aromatic heterocycles. The molecule has 0 aromatic carbocycles. The normalized spacial score (nSPS) is 10.1. The Morgan fingerprint density at radius 3 is 2.84 bits per heavy atom. The van der Waals surface area contributed by atoms with Crippen molar-refractivity contribution in [2.75, 3.05) is 18.4 Å². The van der Waals surface area contributed by atoms with Crippen molar-refractivity contribution in [1.82, 2.24) is 20.3 Å². The van der Waals surface area contributed by atoms with Gasteiger partial charge >= 0.3 is 0 Å². The summed E-state index contributed by atoms with van der Waals surface area (Å²) in [5.74, 6) is 0.320. The predicted octanol–water partition coefficient (Wildman–Crippen LogP) is 0.642. The maximum atomic E-state index is 11.6. The van der Waals surface area contributed by atoms with Gasteiger partial charge in [0.05, 0.1) is 12.7 Å². The maximum Gasteiger partial charge on any atom is 0.239 e. The quantitative estimate of drug-likeness (QED) is 0.742. The summed E-state index contributed by atoms with van der Waals surface area (Å²) in [7, 11) is 0. The highest BCUT2D eigenvalue weighted by Gasteiger charge is 2.02. The summed E-state index contributed by atoms with van der Waals surface area (Å²) >= 11 is 0. The van der Waals surface area contributed by atoms with Crippen molar-refractivity contribution in [3.8, 4) is 0 Å². The van der Waals surface area contributed by atoms with E-state index in [0.29, 0.717) is 12.4 Å². The summed E-state index contributed by atoms with van der Waals surface area (Å²) in [5, 5.41) is 5.70. The maximum absolute atomic E-state index is 11.6. The van der Waals surface area contributed by atoms with Crippen LogP contribution in [0.15, 0.2) is 43.0 Å². The van der Waals surface area contributed by atoms with Gasteiger partial charge in [-0.05, 0) is 12.1 Å². The zero-order valence-corrected chi connectivity index (χ0v) is 10.4. The fraction of sp³-hybridized carbons (Fsp3) is 0.231. The van der Waals surface area contributed by atoms with Crippen molar-refractivity contribution in [3.05, 3.63) is 48.7 Å². The minimum Gasteiger partial charge on any atom is -0.308 e. The molecule has 0 saturated carbocycles. The van der Waals surface area contributed by atoms with E-state index in [1.165, 1.54) is 12.4 Å². The van der Waals surface area contributed by atoms with E-state index in [0.717, 1.165) is 12.1 Å². The highest BCUT2D eigenvalue weighted by atomic mass is 16.1. The van der Waals surface area contributed by atoms with E-state index < -0.39 is 0 Å². The standard InChI is InChI=1S/C13H15N5O/c19-13(18-12-9-15-7-8-17-12)10-14-6-4-11-3-1-2-5-16-11/h1-3,5,7-9,14H,4,6,10H2,(H,17,18,19). The number of carbonyl (C=O) groups excluding carboxylic acids is 1. The van der Waals surface area contributed by atoms with Crippen LogP contribution < -0.4 is 10.6 Å². The van der Waals surface area contributed by atoms with Gasteiger partial charge in [0.2, 0.25) is 5.91 Å². The zero-order chi connectivity index (χ0) is 13.3. The molecule has 98 valence electrons. The first-order valence-electron chi connectivity index (χ1n) is 6.01. The fourth-order valence-corrected chi connectivity index (χ4v) is 1.52. The molecule has 0 radical (unpaired) electrons. The summed E-state index contributed by atoms with van der Waals surface area (Å²) in [6, 6.07) is 5.79. The van der Waals surface area contributed by atoms with Gasteiger partial charge in [0, 0.05) is 37.3 Å². The third kappa shape index (κ3) is 4.81. The lowest BCUT2D eigenvalue weighted by molar-refractivity contribution is -0.115. The van der Waals surface area contributed by atoms with Gasteiger partial charge in [-0.25, -0.2) is 4.98 Å². The first-order valence-corrected chi connectivity index (χ1v) is 6.01. The van der Waals surface area contributed by atoms with Crippen molar-refractivity contribution < 1.29 is 4.79 Å². The Hall–Kier alpha value is -2.34. The number of nitrogens with zero attached hydrogens (tertiary/aromatic N) is 3.